The predicted octanol–water partition coefficient (Wildman–Crippen LogP) is 5.07. The first kappa shape index (κ1) is 15.8. The summed E-state index contributed by atoms with van der Waals surface area (Å²) in [7, 11) is 0. The molecule has 0 fully saturated rings. The van der Waals surface area contributed by atoms with E-state index in [9.17, 15) is 0 Å². The highest BCUT2D eigenvalue weighted by molar-refractivity contribution is 6.39. The van der Waals surface area contributed by atoms with Crippen molar-refractivity contribution < 1.29 is 9.05 Å². The summed E-state index contributed by atoms with van der Waals surface area (Å²) < 4.78 is 10.7. The van der Waals surface area contributed by atoms with Crippen LogP contribution >= 0.6 is 23.2 Å². The lowest BCUT2D eigenvalue weighted by Crippen LogP contribution is -1.87. The van der Waals surface area contributed by atoms with Gasteiger partial charge in [-0.3, -0.25) is 4.98 Å². The van der Waals surface area contributed by atoms with Gasteiger partial charge in [0.2, 0.25) is 5.82 Å². The van der Waals surface area contributed by atoms with Crippen LogP contribution in [0.5, 0.6) is 0 Å². The Morgan fingerprint density at radius 3 is 2.44 bits per heavy atom. The van der Waals surface area contributed by atoms with E-state index in [1.165, 1.54) is 0 Å². The van der Waals surface area contributed by atoms with Crippen LogP contribution in [0.3, 0.4) is 0 Å². The summed E-state index contributed by atoms with van der Waals surface area (Å²) >= 11 is 12.6. The number of rotatable bonds is 3. The Hall–Kier alpha value is -2.70. The first-order chi connectivity index (χ1) is 12.1. The molecule has 8 heteroatoms. The number of hydrogen-bond donors (Lipinski definition) is 0. The van der Waals surface area contributed by atoms with Gasteiger partial charge in [0.25, 0.3) is 5.89 Å². The molecule has 4 aromatic rings. The van der Waals surface area contributed by atoms with Crippen molar-refractivity contribution >= 4 is 23.2 Å². The van der Waals surface area contributed by atoms with Crippen molar-refractivity contribution in [1.29, 1.82) is 0 Å². The highest BCUT2D eigenvalue weighted by Crippen LogP contribution is 2.40. The summed E-state index contributed by atoms with van der Waals surface area (Å²) in [6, 6.07) is 8.85. The second-order valence-electron chi connectivity index (χ2n) is 5.22. The summed E-state index contributed by atoms with van der Waals surface area (Å²) in [5.41, 5.74) is 2.30. The van der Waals surface area contributed by atoms with Gasteiger partial charge in [0.15, 0.2) is 0 Å². The number of aryl methyl sites for hydroxylation is 1. The number of benzene rings is 1. The second-order valence-corrected chi connectivity index (χ2v) is 6.04. The Balaban J connectivity index is 1.86. The van der Waals surface area contributed by atoms with Gasteiger partial charge in [0.1, 0.15) is 17.0 Å². The number of pyridine rings is 1. The minimum absolute atomic E-state index is 0.267. The zero-order valence-electron chi connectivity index (χ0n) is 12.9. The molecule has 0 unspecified atom stereocenters. The first-order valence-electron chi connectivity index (χ1n) is 7.30. The number of hydrogen-bond acceptors (Lipinski definition) is 6. The molecule has 6 nitrogen and oxygen atoms in total. The number of nitrogens with zero attached hydrogens (tertiary/aromatic N) is 4. The van der Waals surface area contributed by atoms with Crippen molar-refractivity contribution in [2.24, 2.45) is 0 Å². The summed E-state index contributed by atoms with van der Waals surface area (Å²) in [6.07, 6.45) is 3.33. The van der Waals surface area contributed by atoms with E-state index in [-0.39, 0.29) is 5.89 Å². The third-order valence-corrected chi connectivity index (χ3v) is 4.25. The standard InChI is InChI=1S/C17H10Cl2N4O2/c1-9-13(15(22-24-9)14-11(18)5-2-6-12(14)19)17-21-16(23-25-17)10-4-3-7-20-8-10/h2-8H,1H3. The molecule has 0 saturated heterocycles. The van der Waals surface area contributed by atoms with Gasteiger partial charge in [-0.1, -0.05) is 39.6 Å². The van der Waals surface area contributed by atoms with Crippen LogP contribution in [0.4, 0.5) is 0 Å². The van der Waals surface area contributed by atoms with Crippen molar-refractivity contribution in [3.8, 4) is 34.1 Å². The van der Waals surface area contributed by atoms with Crippen molar-refractivity contribution in [3.63, 3.8) is 0 Å². The molecular weight excluding hydrogens is 363 g/mol. The van der Waals surface area contributed by atoms with Crippen LogP contribution in [-0.2, 0) is 0 Å². The van der Waals surface area contributed by atoms with Crippen LogP contribution in [0.15, 0.2) is 51.8 Å². The fourth-order valence-corrected chi connectivity index (χ4v) is 3.03. The molecule has 0 bridgehead atoms. The van der Waals surface area contributed by atoms with Gasteiger partial charge in [0, 0.05) is 23.5 Å². The average molecular weight is 373 g/mol. The topological polar surface area (TPSA) is 77.8 Å². The molecule has 3 heterocycles. The van der Waals surface area contributed by atoms with Crippen LogP contribution in [0.1, 0.15) is 5.76 Å². The third kappa shape index (κ3) is 2.79. The molecule has 0 amide bonds. The molecule has 0 aliphatic heterocycles. The van der Waals surface area contributed by atoms with Crippen LogP contribution in [0.2, 0.25) is 10.0 Å². The summed E-state index contributed by atoms with van der Waals surface area (Å²) in [4.78, 5) is 8.48. The predicted molar refractivity (Wildman–Crippen MR) is 93.2 cm³/mol. The maximum Gasteiger partial charge on any atom is 0.264 e. The molecular formula is C17H10Cl2N4O2. The summed E-state index contributed by atoms with van der Waals surface area (Å²) in [5, 5.41) is 8.99. The maximum atomic E-state index is 6.29. The van der Waals surface area contributed by atoms with Gasteiger partial charge in [-0.2, -0.15) is 4.98 Å². The number of aromatic nitrogens is 4. The van der Waals surface area contributed by atoms with Crippen LogP contribution in [0, 0.1) is 6.92 Å². The molecule has 3 aromatic heterocycles. The molecule has 1 aromatic carbocycles. The molecule has 0 atom stereocenters. The van der Waals surface area contributed by atoms with Gasteiger partial charge in [-0.05, 0) is 31.2 Å². The van der Waals surface area contributed by atoms with Crippen LogP contribution < -0.4 is 0 Å². The lowest BCUT2D eigenvalue weighted by molar-refractivity contribution is 0.397. The van der Waals surface area contributed by atoms with E-state index in [0.29, 0.717) is 38.5 Å². The molecule has 0 saturated carbocycles. The van der Waals surface area contributed by atoms with E-state index in [1.807, 2.05) is 6.07 Å². The largest absolute Gasteiger partial charge is 0.360 e. The van der Waals surface area contributed by atoms with Crippen molar-refractivity contribution in [2.45, 2.75) is 6.92 Å². The first-order valence-corrected chi connectivity index (χ1v) is 8.06. The van der Waals surface area contributed by atoms with E-state index in [1.54, 1.807) is 43.6 Å². The molecule has 0 radical (unpaired) electrons. The lowest BCUT2D eigenvalue weighted by Gasteiger charge is -2.04. The van der Waals surface area contributed by atoms with Gasteiger partial charge >= 0.3 is 0 Å². The molecule has 0 aliphatic rings. The van der Waals surface area contributed by atoms with Gasteiger partial charge in [-0.15, -0.1) is 0 Å². The van der Waals surface area contributed by atoms with Gasteiger partial charge in [0.05, 0.1) is 10.0 Å². The van der Waals surface area contributed by atoms with E-state index in [0.717, 1.165) is 5.56 Å². The molecule has 25 heavy (non-hydrogen) atoms. The minimum atomic E-state index is 0.267. The van der Waals surface area contributed by atoms with Gasteiger partial charge in [-0.25, -0.2) is 0 Å². The second kappa shape index (κ2) is 6.31. The zero-order valence-corrected chi connectivity index (χ0v) is 14.4. The van der Waals surface area contributed by atoms with E-state index >= 15 is 0 Å². The molecule has 0 spiro atoms. The summed E-state index contributed by atoms with van der Waals surface area (Å²) in [5.74, 6) is 1.20. The Morgan fingerprint density at radius 1 is 0.920 bits per heavy atom. The van der Waals surface area contributed by atoms with Gasteiger partial charge < -0.3 is 9.05 Å². The zero-order chi connectivity index (χ0) is 17.4. The maximum absolute atomic E-state index is 6.29. The van der Waals surface area contributed by atoms with E-state index in [4.69, 9.17) is 32.2 Å². The van der Waals surface area contributed by atoms with Crippen molar-refractivity contribution in [2.75, 3.05) is 0 Å². The highest BCUT2D eigenvalue weighted by Gasteiger charge is 2.25. The Kier molecular flexibility index (Phi) is 3.99. The Labute approximate surface area is 152 Å². The van der Waals surface area contributed by atoms with Crippen molar-refractivity contribution in [3.05, 3.63) is 58.5 Å². The lowest BCUT2D eigenvalue weighted by atomic mass is 10.1. The van der Waals surface area contributed by atoms with E-state index < -0.39 is 0 Å². The number of halogens is 2. The molecule has 124 valence electrons. The van der Waals surface area contributed by atoms with Crippen LogP contribution in [0.25, 0.3) is 34.1 Å². The molecule has 0 aliphatic carbocycles. The fourth-order valence-electron chi connectivity index (χ4n) is 2.46. The highest BCUT2D eigenvalue weighted by atomic mass is 35.5. The van der Waals surface area contributed by atoms with Crippen LogP contribution in [-0.4, -0.2) is 20.3 Å². The molecule has 0 N–H and O–H groups in total. The monoisotopic (exact) mass is 372 g/mol. The normalized spacial score (nSPS) is 11.0. The smallest absolute Gasteiger partial charge is 0.264 e. The Bertz CT molecular complexity index is 1020. The average Bonchev–Trinajstić information content (AvgIpc) is 3.23. The van der Waals surface area contributed by atoms with Crippen molar-refractivity contribution in [1.82, 2.24) is 20.3 Å². The molecule has 4 rings (SSSR count). The quantitative estimate of drug-likeness (QED) is 0.499. The minimum Gasteiger partial charge on any atom is -0.360 e. The third-order valence-electron chi connectivity index (χ3n) is 3.62. The SMILES string of the molecule is Cc1onc(-c2c(Cl)cccc2Cl)c1-c1nc(-c2cccnc2)no1. The fraction of sp³-hybridized carbons (Fsp3) is 0.0588. The Morgan fingerprint density at radius 2 is 1.72 bits per heavy atom. The summed E-state index contributed by atoms with van der Waals surface area (Å²) in [6.45, 7) is 1.75. The van der Waals surface area contributed by atoms with E-state index in [2.05, 4.69) is 20.3 Å².